The summed E-state index contributed by atoms with van der Waals surface area (Å²) >= 11 is 0. The third-order valence-electron chi connectivity index (χ3n) is 5.42. The number of hydrogen-bond donors (Lipinski definition) is 1. The molecule has 1 aliphatic heterocycles. The Morgan fingerprint density at radius 1 is 1.19 bits per heavy atom. The lowest BCUT2D eigenvalue weighted by Gasteiger charge is -2.45. The Morgan fingerprint density at radius 2 is 1.92 bits per heavy atom. The molecule has 0 spiro atoms. The third kappa shape index (κ3) is 2.93. The van der Waals surface area contributed by atoms with Gasteiger partial charge in [0, 0.05) is 30.1 Å². The molecule has 1 aromatic carbocycles. The number of carbonyl (C=O) groups excluding carboxylic acids is 1. The zero-order chi connectivity index (χ0) is 18.4. The topological polar surface area (TPSA) is 45.2 Å². The van der Waals surface area contributed by atoms with Gasteiger partial charge in [-0.05, 0) is 49.1 Å². The standard InChI is InChI=1S/C20H21F2N3O/c1-11-19(24-18-8-6-15(22)10-23-18)16-9-14(21)5-7-17(16)25(12(2)26)20(11)13-3-4-13/h5-11,13,19-20H,3-4H2,1-2H3,(H,23,24). The molecule has 3 unspecified atom stereocenters. The van der Waals surface area contributed by atoms with Crippen molar-refractivity contribution in [2.45, 2.75) is 38.8 Å². The summed E-state index contributed by atoms with van der Waals surface area (Å²) in [6.07, 6.45) is 3.34. The summed E-state index contributed by atoms with van der Waals surface area (Å²) in [6.45, 7) is 3.64. The summed E-state index contributed by atoms with van der Waals surface area (Å²) in [5.74, 6) is 0.273. The van der Waals surface area contributed by atoms with Gasteiger partial charge in [-0.3, -0.25) is 4.79 Å². The molecule has 1 fully saturated rings. The SMILES string of the molecule is CC(=O)N1c2ccc(F)cc2C(Nc2ccc(F)cn2)C(C)C1C1CC1. The Bertz CT molecular complexity index is 835. The van der Waals surface area contributed by atoms with Crippen molar-refractivity contribution in [3.8, 4) is 0 Å². The summed E-state index contributed by atoms with van der Waals surface area (Å²) in [5, 5.41) is 3.33. The van der Waals surface area contributed by atoms with Crippen molar-refractivity contribution < 1.29 is 13.6 Å². The highest BCUT2D eigenvalue weighted by Gasteiger charge is 2.47. The smallest absolute Gasteiger partial charge is 0.224 e. The van der Waals surface area contributed by atoms with E-state index in [4.69, 9.17) is 0 Å². The molecule has 4 nitrogen and oxygen atoms in total. The van der Waals surface area contributed by atoms with E-state index < -0.39 is 5.82 Å². The third-order valence-corrected chi connectivity index (χ3v) is 5.42. The quantitative estimate of drug-likeness (QED) is 0.891. The van der Waals surface area contributed by atoms with Crippen LogP contribution in [0.5, 0.6) is 0 Å². The zero-order valence-corrected chi connectivity index (χ0v) is 14.7. The van der Waals surface area contributed by atoms with Crippen molar-refractivity contribution >= 4 is 17.4 Å². The summed E-state index contributed by atoms with van der Waals surface area (Å²) in [7, 11) is 0. The molecule has 26 heavy (non-hydrogen) atoms. The van der Waals surface area contributed by atoms with Gasteiger partial charge in [0.25, 0.3) is 0 Å². The maximum absolute atomic E-state index is 14.0. The molecule has 3 atom stereocenters. The van der Waals surface area contributed by atoms with E-state index in [0.29, 0.717) is 11.7 Å². The average molecular weight is 357 g/mol. The Morgan fingerprint density at radius 3 is 2.54 bits per heavy atom. The van der Waals surface area contributed by atoms with E-state index in [2.05, 4.69) is 17.2 Å². The van der Waals surface area contributed by atoms with Crippen LogP contribution in [-0.4, -0.2) is 16.9 Å². The van der Waals surface area contributed by atoms with Crippen LogP contribution in [0.4, 0.5) is 20.3 Å². The minimum absolute atomic E-state index is 0.0278. The number of halogens is 2. The van der Waals surface area contributed by atoms with Crippen LogP contribution in [0.3, 0.4) is 0 Å². The molecule has 136 valence electrons. The highest BCUT2D eigenvalue weighted by atomic mass is 19.1. The lowest BCUT2D eigenvalue weighted by molar-refractivity contribution is -0.117. The van der Waals surface area contributed by atoms with Crippen molar-refractivity contribution in [2.24, 2.45) is 11.8 Å². The van der Waals surface area contributed by atoms with Crippen LogP contribution >= 0.6 is 0 Å². The molecule has 1 amide bonds. The summed E-state index contributed by atoms with van der Waals surface area (Å²) in [6, 6.07) is 7.32. The first-order chi connectivity index (χ1) is 12.5. The first-order valence-corrected chi connectivity index (χ1v) is 8.93. The number of nitrogens with zero attached hydrogens (tertiary/aromatic N) is 2. The predicted molar refractivity (Wildman–Crippen MR) is 95.8 cm³/mol. The van der Waals surface area contributed by atoms with E-state index in [-0.39, 0.29) is 29.7 Å². The van der Waals surface area contributed by atoms with Crippen LogP contribution in [0.1, 0.15) is 38.3 Å². The molecule has 2 aromatic rings. The van der Waals surface area contributed by atoms with Gasteiger partial charge in [0.05, 0.1) is 12.2 Å². The van der Waals surface area contributed by atoms with Gasteiger partial charge in [0.1, 0.15) is 17.5 Å². The summed E-state index contributed by atoms with van der Waals surface area (Å²) in [4.78, 5) is 18.3. The number of amides is 1. The normalized spacial score (nSPS) is 24.9. The van der Waals surface area contributed by atoms with E-state index >= 15 is 0 Å². The fraction of sp³-hybridized carbons (Fsp3) is 0.400. The fourth-order valence-electron chi connectivity index (χ4n) is 4.16. The molecule has 0 radical (unpaired) electrons. The fourth-order valence-corrected chi connectivity index (χ4v) is 4.16. The largest absolute Gasteiger partial charge is 0.363 e. The number of pyridine rings is 1. The van der Waals surface area contributed by atoms with Gasteiger partial charge < -0.3 is 10.2 Å². The van der Waals surface area contributed by atoms with Gasteiger partial charge >= 0.3 is 0 Å². The number of hydrogen-bond acceptors (Lipinski definition) is 3. The monoisotopic (exact) mass is 357 g/mol. The van der Waals surface area contributed by atoms with E-state index in [1.54, 1.807) is 19.1 Å². The maximum atomic E-state index is 14.0. The van der Waals surface area contributed by atoms with Gasteiger partial charge in [-0.2, -0.15) is 0 Å². The minimum atomic E-state index is -0.405. The second-order valence-electron chi connectivity index (χ2n) is 7.26. The van der Waals surface area contributed by atoms with Crippen molar-refractivity contribution in [3.05, 3.63) is 53.7 Å². The Balaban J connectivity index is 1.79. The summed E-state index contributed by atoms with van der Waals surface area (Å²) < 4.78 is 27.2. The molecule has 1 aromatic heterocycles. The number of benzene rings is 1. The maximum Gasteiger partial charge on any atom is 0.224 e. The van der Waals surface area contributed by atoms with Gasteiger partial charge in [-0.1, -0.05) is 6.92 Å². The predicted octanol–water partition coefficient (Wildman–Crippen LogP) is 4.29. The number of fused-ring (bicyclic) bond motifs is 1. The Kier molecular flexibility index (Phi) is 4.13. The van der Waals surface area contributed by atoms with E-state index in [0.717, 1.165) is 30.3 Å². The number of aromatic nitrogens is 1. The van der Waals surface area contributed by atoms with Crippen LogP contribution in [0, 0.1) is 23.5 Å². The van der Waals surface area contributed by atoms with Crippen LogP contribution in [0.15, 0.2) is 36.5 Å². The molecule has 1 N–H and O–H groups in total. The average Bonchev–Trinajstić information content (AvgIpc) is 3.43. The molecule has 1 aliphatic carbocycles. The second kappa shape index (κ2) is 6.34. The van der Waals surface area contributed by atoms with Crippen LogP contribution < -0.4 is 10.2 Å². The molecule has 4 rings (SSSR count). The second-order valence-corrected chi connectivity index (χ2v) is 7.26. The lowest BCUT2D eigenvalue weighted by atomic mass is 9.80. The molecule has 6 heteroatoms. The molecule has 0 bridgehead atoms. The number of carbonyl (C=O) groups is 1. The van der Waals surface area contributed by atoms with E-state index in [9.17, 15) is 13.6 Å². The molecular weight excluding hydrogens is 336 g/mol. The molecule has 0 saturated heterocycles. The highest BCUT2D eigenvalue weighted by Crippen LogP contribution is 2.49. The van der Waals surface area contributed by atoms with Crippen molar-refractivity contribution in [2.75, 3.05) is 10.2 Å². The van der Waals surface area contributed by atoms with E-state index in [1.165, 1.54) is 18.2 Å². The van der Waals surface area contributed by atoms with Crippen molar-refractivity contribution in [1.82, 2.24) is 4.98 Å². The van der Waals surface area contributed by atoms with Crippen molar-refractivity contribution in [1.29, 1.82) is 0 Å². The lowest BCUT2D eigenvalue weighted by Crippen LogP contribution is -2.51. The number of rotatable bonds is 3. The summed E-state index contributed by atoms with van der Waals surface area (Å²) in [5.41, 5.74) is 1.48. The van der Waals surface area contributed by atoms with Gasteiger partial charge in [0.2, 0.25) is 5.91 Å². The molecule has 1 saturated carbocycles. The number of nitrogens with one attached hydrogen (secondary N) is 1. The minimum Gasteiger partial charge on any atom is -0.363 e. The molecular formula is C20H21F2N3O. The van der Waals surface area contributed by atoms with Gasteiger partial charge in [-0.25, -0.2) is 13.8 Å². The van der Waals surface area contributed by atoms with Gasteiger partial charge in [0.15, 0.2) is 0 Å². The molecule has 2 aliphatic rings. The Labute approximate surface area is 151 Å². The van der Waals surface area contributed by atoms with Crippen LogP contribution in [0.2, 0.25) is 0 Å². The number of anilines is 2. The molecule has 2 heterocycles. The van der Waals surface area contributed by atoms with Crippen molar-refractivity contribution in [3.63, 3.8) is 0 Å². The first-order valence-electron chi connectivity index (χ1n) is 8.93. The first kappa shape index (κ1) is 16.9. The van der Waals surface area contributed by atoms with Gasteiger partial charge in [-0.15, -0.1) is 0 Å². The van der Waals surface area contributed by atoms with Crippen LogP contribution in [0.25, 0.3) is 0 Å². The Hall–Kier alpha value is -2.50. The van der Waals surface area contributed by atoms with E-state index in [1.807, 2.05) is 4.90 Å². The highest BCUT2D eigenvalue weighted by molar-refractivity contribution is 5.94. The van der Waals surface area contributed by atoms with Crippen LogP contribution in [-0.2, 0) is 4.79 Å². The zero-order valence-electron chi connectivity index (χ0n) is 14.7.